The maximum absolute atomic E-state index is 12.4. The van der Waals surface area contributed by atoms with Crippen LogP contribution in [0.2, 0.25) is 0 Å². The molecule has 1 aromatic heterocycles. The smallest absolute Gasteiger partial charge is 0.305 e. The molecule has 0 aliphatic carbocycles. The zero-order chi connectivity index (χ0) is 18.0. The van der Waals surface area contributed by atoms with Crippen LogP contribution in [0.1, 0.15) is 31.7 Å². The predicted molar refractivity (Wildman–Crippen MR) is 96.2 cm³/mol. The van der Waals surface area contributed by atoms with E-state index in [9.17, 15) is 9.59 Å². The summed E-state index contributed by atoms with van der Waals surface area (Å²) < 4.78 is 5.66. The number of carbonyl (C=O) groups is 2. The van der Waals surface area contributed by atoms with Crippen LogP contribution in [-0.4, -0.2) is 34.6 Å². The molecule has 1 N–H and O–H groups in total. The number of aliphatic carboxylic acids is 1. The number of carboxylic acids is 1. The number of nitrogens with zero attached hydrogens (tertiary/aromatic N) is 2. The van der Waals surface area contributed by atoms with Crippen molar-refractivity contribution in [2.45, 2.75) is 39.2 Å². The number of rotatable bonds is 6. The molecule has 2 heterocycles. The van der Waals surface area contributed by atoms with Crippen LogP contribution in [0, 0.1) is 0 Å². The van der Waals surface area contributed by atoms with Crippen molar-refractivity contribution in [3.8, 4) is 17.0 Å². The minimum absolute atomic E-state index is 0.112. The van der Waals surface area contributed by atoms with E-state index in [2.05, 4.69) is 11.9 Å². The number of aryl methyl sites for hydroxylation is 1. The molecule has 1 amide bonds. The van der Waals surface area contributed by atoms with Gasteiger partial charge >= 0.3 is 5.97 Å². The highest BCUT2D eigenvalue weighted by atomic mass is 32.1. The Morgan fingerprint density at radius 1 is 1.44 bits per heavy atom. The number of carbonyl (C=O) groups excluding carboxylic acids is 1. The monoisotopic (exact) mass is 360 g/mol. The lowest BCUT2D eigenvalue weighted by molar-refractivity contribution is -0.136. The fourth-order valence-electron chi connectivity index (χ4n) is 2.78. The van der Waals surface area contributed by atoms with Crippen molar-refractivity contribution in [3.05, 3.63) is 28.6 Å². The number of benzene rings is 1. The van der Waals surface area contributed by atoms with Gasteiger partial charge in [-0.05, 0) is 38.0 Å². The minimum Gasteiger partial charge on any atom is -0.481 e. The third-order valence-corrected chi connectivity index (χ3v) is 4.94. The lowest BCUT2D eigenvalue weighted by Crippen LogP contribution is -2.45. The fraction of sp³-hybridized carbons (Fsp3) is 0.389. The average Bonchev–Trinajstić information content (AvgIpc) is 3.04. The Bertz CT molecular complexity index is 802. The molecule has 1 aliphatic rings. The molecule has 7 heteroatoms. The van der Waals surface area contributed by atoms with Gasteiger partial charge in [0, 0.05) is 17.5 Å². The van der Waals surface area contributed by atoms with Gasteiger partial charge in [-0.25, -0.2) is 4.98 Å². The molecular weight excluding hydrogens is 340 g/mol. The summed E-state index contributed by atoms with van der Waals surface area (Å²) in [4.78, 5) is 29.5. The first kappa shape index (κ1) is 17.4. The van der Waals surface area contributed by atoms with E-state index < -0.39 is 12.1 Å². The van der Waals surface area contributed by atoms with Gasteiger partial charge < -0.3 is 14.7 Å². The summed E-state index contributed by atoms with van der Waals surface area (Å²) >= 11 is 1.62. The molecule has 0 saturated heterocycles. The van der Waals surface area contributed by atoms with Crippen molar-refractivity contribution in [3.63, 3.8) is 0 Å². The van der Waals surface area contributed by atoms with Crippen molar-refractivity contribution in [1.82, 2.24) is 4.98 Å². The van der Waals surface area contributed by atoms with Gasteiger partial charge in [-0.3, -0.25) is 9.59 Å². The Balaban J connectivity index is 1.95. The van der Waals surface area contributed by atoms with Gasteiger partial charge in [0.1, 0.15) is 5.75 Å². The van der Waals surface area contributed by atoms with Crippen LogP contribution in [-0.2, 0) is 16.0 Å². The Morgan fingerprint density at radius 2 is 2.24 bits per heavy atom. The van der Waals surface area contributed by atoms with Crippen molar-refractivity contribution in [2.75, 3.05) is 11.4 Å². The largest absolute Gasteiger partial charge is 0.481 e. The van der Waals surface area contributed by atoms with Crippen molar-refractivity contribution in [2.24, 2.45) is 0 Å². The van der Waals surface area contributed by atoms with E-state index in [1.54, 1.807) is 18.3 Å². The number of hydrogen-bond acceptors (Lipinski definition) is 5. The van der Waals surface area contributed by atoms with Crippen molar-refractivity contribution in [1.29, 1.82) is 0 Å². The second-order valence-electron chi connectivity index (χ2n) is 5.95. The van der Waals surface area contributed by atoms with Crippen LogP contribution in [0.3, 0.4) is 0 Å². The highest BCUT2D eigenvalue weighted by molar-refractivity contribution is 7.09. The van der Waals surface area contributed by atoms with Gasteiger partial charge in [0.15, 0.2) is 6.10 Å². The predicted octanol–water partition coefficient (Wildman–Crippen LogP) is 3.35. The first-order chi connectivity index (χ1) is 12.0. The summed E-state index contributed by atoms with van der Waals surface area (Å²) in [5.41, 5.74) is 2.36. The summed E-state index contributed by atoms with van der Waals surface area (Å²) in [7, 11) is 0. The molecule has 1 aliphatic heterocycles. The van der Waals surface area contributed by atoms with E-state index in [-0.39, 0.29) is 18.9 Å². The Morgan fingerprint density at radius 3 is 2.96 bits per heavy atom. The lowest BCUT2D eigenvalue weighted by Gasteiger charge is -2.33. The molecule has 1 atom stereocenters. The first-order valence-electron chi connectivity index (χ1n) is 8.28. The molecule has 0 radical (unpaired) electrons. The van der Waals surface area contributed by atoms with E-state index in [1.807, 2.05) is 23.6 Å². The van der Waals surface area contributed by atoms with Gasteiger partial charge in [0.25, 0.3) is 5.91 Å². The Kier molecular flexibility index (Phi) is 5.03. The third-order valence-electron chi connectivity index (χ3n) is 4.03. The number of ether oxygens (including phenoxy) is 1. The zero-order valence-electron chi connectivity index (χ0n) is 14.2. The molecule has 0 saturated carbocycles. The van der Waals surface area contributed by atoms with Gasteiger partial charge in [0.2, 0.25) is 0 Å². The molecule has 25 heavy (non-hydrogen) atoms. The van der Waals surface area contributed by atoms with E-state index in [4.69, 9.17) is 9.84 Å². The number of carboxylic acid groups (broad SMARTS) is 1. The van der Waals surface area contributed by atoms with E-state index in [1.165, 1.54) is 4.90 Å². The zero-order valence-corrected chi connectivity index (χ0v) is 15.0. The van der Waals surface area contributed by atoms with Gasteiger partial charge in [-0.2, -0.15) is 0 Å². The number of thiazole rings is 1. The molecule has 3 rings (SSSR count). The average molecular weight is 360 g/mol. The summed E-state index contributed by atoms with van der Waals surface area (Å²) in [5.74, 6) is -0.575. The number of hydrogen-bond donors (Lipinski definition) is 1. The number of anilines is 1. The summed E-state index contributed by atoms with van der Waals surface area (Å²) in [5, 5.41) is 12.0. The number of aromatic nitrogens is 1. The van der Waals surface area contributed by atoms with Gasteiger partial charge in [-0.15, -0.1) is 11.3 Å². The van der Waals surface area contributed by atoms with Crippen LogP contribution >= 0.6 is 11.3 Å². The van der Waals surface area contributed by atoms with Crippen molar-refractivity contribution < 1.29 is 19.4 Å². The summed E-state index contributed by atoms with van der Waals surface area (Å²) in [6, 6.07) is 5.59. The first-order valence-corrected chi connectivity index (χ1v) is 9.16. The van der Waals surface area contributed by atoms with E-state index >= 15 is 0 Å². The maximum atomic E-state index is 12.4. The van der Waals surface area contributed by atoms with E-state index in [0.717, 1.165) is 29.1 Å². The third kappa shape index (κ3) is 3.66. The van der Waals surface area contributed by atoms with Crippen LogP contribution in [0.5, 0.6) is 5.75 Å². The molecule has 2 aromatic rings. The van der Waals surface area contributed by atoms with Gasteiger partial charge in [0.05, 0.1) is 22.8 Å². The molecule has 132 valence electrons. The van der Waals surface area contributed by atoms with Crippen LogP contribution in [0.15, 0.2) is 23.6 Å². The molecule has 0 bridgehead atoms. The lowest BCUT2D eigenvalue weighted by atomic mass is 10.1. The van der Waals surface area contributed by atoms with E-state index in [0.29, 0.717) is 11.4 Å². The van der Waals surface area contributed by atoms with Crippen LogP contribution in [0.25, 0.3) is 11.3 Å². The molecule has 1 aromatic carbocycles. The second-order valence-corrected chi connectivity index (χ2v) is 6.90. The normalized spacial score (nSPS) is 16.5. The topological polar surface area (TPSA) is 79.7 Å². The molecule has 0 spiro atoms. The molecule has 1 unspecified atom stereocenters. The number of amides is 1. The van der Waals surface area contributed by atoms with Crippen molar-refractivity contribution >= 4 is 28.9 Å². The molecule has 0 fully saturated rings. The number of fused-ring (bicyclic) bond motifs is 1. The SMILES string of the molecule is CCCc1nc(-c2ccc3c(c2)N(CCC(=O)O)C(=O)C(C)O3)cs1. The minimum atomic E-state index is -0.937. The quantitative estimate of drug-likeness (QED) is 0.854. The maximum Gasteiger partial charge on any atom is 0.305 e. The Labute approximate surface area is 150 Å². The summed E-state index contributed by atoms with van der Waals surface area (Å²) in [6.45, 7) is 3.91. The van der Waals surface area contributed by atoms with Crippen LogP contribution in [0.4, 0.5) is 5.69 Å². The van der Waals surface area contributed by atoms with Crippen LogP contribution < -0.4 is 9.64 Å². The summed E-state index contributed by atoms with van der Waals surface area (Å²) in [6.07, 6.45) is 1.25. The second kappa shape index (κ2) is 7.23. The highest BCUT2D eigenvalue weighted by Crippen LogP contribution is 2.37. The van der Waals surface area contributed by atoms with Gasteiger partial charge in [-0.1, -0.05) is 6.92 Å². The standard InChI is InChI=1S/C18H20N2O4S/c1-3-4-16-19-13(10-25-16)12-5-6-15-14(9-12)20(8-7-17(21)22)18(23)11(2)24-15/h5-6,9-11H,3-4,7-8H2,1-2H3,(H,21,22). The molecule has 6 nitrogen and oxygen atoms in total. The Hall–Kier alpha value is -2.41. The fourth-order valence-corrected chi connectivity index (χ4v) is 3.69. The highest BCUT2D eigenvalue weighted by Gasteiger charge is 2.32. The molecular formula is C18H20N2O4S.